The summed E-state index contributed by atoms with van der Waals surface area (Å²) in [6.07, 6.45) is 4.12. The summed E-state index contributed by atoms with van der Waals surface area (Å²) in [6, 6.07) is 3.08. The number of aromatic nitrogens is 1. The molecule has 0 unspecified atom stereocenters. The maximum Gasteiger partial charge on any atom is 0.325 e. The Labute approximate surface area is 151 Å². The Morgan fingerprint density at radius 3 is 2.60 bits per heavy atom. The lowest BCUT2D eigenvalue weighted by molar-refractivity contribution is -0.140. The van der Waals surface area contributed by atoms with Gasteiger partial charge in [0.2, 0.25) is 15.9 Å². The molecule has 1 aromatic rings. The highest BCUT2D eigenvalue weighted by molar-refractivity contribution is 7.99. The number of piperidine rings is 1. The highest BCUT2D eigenvalue weighted by Gasteiger charge is 2.26. The smallest absolute Gasteiger partial charge is 0.325 e. The molecule has 0 saturated carbocycles. The Kier molecular flexibility index (Phi) is 7.21. The van der Waals surface area contributed by atoms with Crippen LogP contribution in [0.2, 0.25) is 0 Å². The predicted octanol–water partition coefficient (Wildman–Crippen LogP) is 0.637. The second-order valence-corrected chi connectivity index (χ2v) is 8.37. The van der Waals surface area contributed by atoms with Crippen molar-refractivity contribution in [3.05, 3.63) is 18.3 Å². The van der Waals surface area contributed by atoms with Gasteiger partial charge in [-0.25, -0.2) is 13.4 Å². The number of esters is 1. The Balaban J connectivity index is 1.89. The fraction of sp³-hybridized carbons (Fsp3) is 0.533. The zero-order valence-corrected chi connectivity index (χ0v) is 15.6. The van der Waals surface area contributed by atoms with Crippen LogP contribution in [0, 0.1) is 0 Å². The van der Waals surface area contributed by atoms with Crippen LogP contribution in [0.1, 0.15) is 19.3 Å². The molecule has 1 N–H and O–H groups in total. The number of hydrogen-bond donors (Lipinski definition) is 1. The molecule has 1 fully saturated rings. The van der Waals surface area contributed by atoms with Gasteiger partial charge in [-0.2, -0.15) is 4.31 Å². The van der Waals surface area contributed by atoms with Crippen molar-refractivity contribution in [2.24, 2.45) is 0 Å². The Morgan fingerprint density at radius 2 is 2.00 bits per heavy atom. The van der Waals surface area contributed by atoms with Crippen molar-refractivity contribution in [2.45, 2.75) is 29.2 Å². The Hall–Kier alpha value is -1.65. The molecule has 8 nitrogen and oxygen atoms in total. The normalized spacial score (nSPS) is 15.6. The van der Waals surface area contributed by atoms with Crippen LogP contribution in [-0.2, 0) is 24.3 Å². The maximum atomic E-state index is 12.5. The fourth-order valence-electron chi connectivity index (χ4n) is 2.29. The highest BCUT2D eigenvalue weighted by Crippen LogP contribution is 2.22. The van der Waals surface area contributed by atoms with Crippen molar-refractivity contribution < 1.29 is 22.7 Å². The van der Waals surface area contributed by atoms with Crippen LogP contribution in [0.25, 0.3) is 0 Å². The van der Waals surface area contributed by atoms with Gasteiger partial charge in [-0.15, -0.1) is 0 Å². The number of carbonyl (C=O) groups excluding carboxylic acids is 2. The molecule has 10 heteroatoms. The van der Waals surface area contributed by atoms with Crippen LogP contribution in [-0.4, -0.2) is 62.1 Å². The van der Waals surface area contributed by atoms with Crippen molar-refractivity contribution >= 4 is 33.7 Å². The molecule has 138 valence electrons. The summed E-state index contributed by atoms with van der Waals surface area (Å²) in [5, 5.41) is 2.95. The molecular formula is C15H21N3O5S2. The number of carbonyl (C=O) groups is 2. The number of nitrogens with one attached hydrogen (secondary N) is 1. The number of methoxy groups -OCH3 is 1. The lowest BCUT2D eigenvalue weighted by atomic mass is 10.2. The van der Waals surface area contributed by atoms with Gasteiger partial charge in [0.05, 0.1) is 17.9 Å². The molecule has 0 aromatic carbocycles. The standard InChI is InChI=1S/C15H21N3O5S2/c1-23-15(20)10-16-13(19)11-24-14-6-5-12(9-17-14)25(21,22)18-7-3-2-4-8-18/h5-6,9H,2-4,7-8,10-11H2,1H3,(H,16,19). The zero-order chi connectivity index (χ0) is 18.3. The lowest BCUT2D eigenvalue weighted by Crippen LogP contribution is -2.35. The molecular weight excluding hydrogens is 366 g/mol. The number of rotatable bonds is 7. The highest BCUT2D eigenvalue weighted by atomic mass is 32.2. The van der Waals surface area contributed by atoms with Crippen molar-refractivity contribution in [2.75, 3.05) is 32.5 Å². The Bertz CT molecular complexity index is 700. The first-order valence-corrected chi connectivity index (χ1v) is 10.3. The van der Waals surface area contributed by atoms with E-state index in [9.17, 15) is 18.0 Å². The summed E-state index contributed by atoms with van der Waals surface area (Å²) in [4.78, 5) is 26.8. The predicted molar refractivity (Wildman–Crippen MR) is 92.6 cm³/mol. The molecule has 0 radical (unpaired) electrons. The van der Waals surface area contributed by atoms with Crippen molar-refractivity contribution in [1.29, 1.82) is 0 Å². The fourth-order valence-corrected chi connectivity index (χ4v) is 4.43. The van der Waals surface area contributed by atoms with E-state index in [4.69, 9.17) is 0 Å². The minimum Gasteiger partial charge on any atom is -0.468 e. The van der Waals surface area contributed by atoms with Gasteiger partial charge in [-0.3, -0.25) is 9.59 Å². The molecule has 1 saturated heterocycles. The van der Waals surface area contributed by atoms with Crippen LogP contribution in [0.15, 0.2) is 28.3 Å². The van der Waals surface area contributed by atoms with Gasteiger partial charge in [0, 0.05) is 19.3 Å². The summed E-state index contributed by atoms with van der Waals surface area (Å²) in [5.41, 5.74) is 0. The van der Waals surface area contributed by atoms with Gasteiger partial charge in [0.15, 0.2) is 0 Å². The lowest BCUT2D eigenvalue weighted by Gasteiger charge is -2.25. The monoisotopic (exact) mass is 387 g/mol. The Morgan fingerprint density at radius 1 is 1.28 bits per heavy atom. The number of pyridine rings is 1. The van der Waals surface area contributed by atoms with E-state index in [1.54, 1.807) is 6.07 Å². The van der Waals surface area contributed by atoms with E-state index >= 15 is 0 Å². The SMILES string of the molecule is COC(=O)CNC(=O)CSc1ccc(S(=O)(=O)N2CCCCC2)cn1. The number of nitrogens with zero attached hydrogens (tertiary/aromatic N) is 2. The summed E-state index contributed by atoms with van der Waals surface area (Å²) < 4.78 is 30.9. The van der Waals surface area contributed by atoms with Gasteiger partial charge < -0.3 is 10.1 Å². The first-order chi connectivity index (χ1) is 11.9. The minimum absolute atomic E-state index is 0.0716. The van der Waals surface area contributed by atoms with Crippen LogP contribution >= 0.6 is 11.8 Å². The first kappa shape index (κ1) is 19.7. The van der Waals surface area contributed by atoms with E-state index in [2.05, 4.69) is 15.0 Å². The third-order valence-electron chi connectivity index (χ3n) is 3.67. The van der Waals surface area contributed by atoms with Gasteiger partial charge in [-0.1, -0.05) is 18.2 Å². The number of sulfonamides is 1. The zero-order valence-electron chi connectivity index (χ0n) is 13.9. The second-order valence-electron chi connectivity index (χ2n) is 5.44. The van der Waals surface area contributed by atoms with E-state index in [1.165, 1.54) is 23.7 Å². The van der Waals surface area contributed by atoms with E-state index < -0.39 is 16.0 Å². The summed E-state index contributed by atoms with van der Waals surface area (Å²) >= 11 is 1.16. The number of thioether (sulfide) groups is 1. The molecule has 0 bridgehead atoms. The molecule has 25 heavy (non-hydrogen) atoms. The quantitative estimate of drug-likeness (QED) is 0.540. The van der Waals surface area contributed by atoms with E-state index in [1.807, 2.05) is 0 Å². The van der Waals surface area contributed by atoms with Crippen molar-refractivity contribution in [3.63, 3.8) is 0 Å². The molecule has 1 aliphatic rings. The number of amides is 1. The molecule has 2 heterocycles. The maximum absolute atomic E-state index is 12.5. The largest absolute Gasteiger partial charge is 0.468 e. The average molecular weight is 387 g/mol. The van der Waals surface area contributed by atoms with Gasteiger partial charge in [0.25, 0.3) is 0 Å². The van der Waals surface area contributed by atoms with Crippen LogP contribution in [0.3, 0.4) is 0 Å². The first-order valence-electron chi connectivity index (χ1n) is 7.86. The van der Waals surface area contributed by atoms with E-state index in [0.29, 0.717) is 18.1 Å². The summed E-state index contributed by atoms with van der Waals surface area (Å²) in [5.74, 6) is -0.784. The molecule has 1 amide bonds. The van der Waals surface area contributed by atoms with Crippen LogP contribution in [0.4, 0.5) is 0 Å². The van der Waals surface area contributed by atoms with Crippen molar-refractivity contribution in [1.82, 2.24) is 14.6 Å². The molecule has 1 aromatic heterocycles. The van der Waals surface area contributed by atoms with Gasteiger partial charge >= 0.3 is 5.97 Å². The second kappa shape index (κ2) is 9.16. The van der Waals surface area contributed by atoms with Crippen molar-refractivity contribution in [3.8, 4) is 0 Å². The summed E-state index contributed by atoms with van der Waals surface area (Å²) in [7, 11) is -2.26. The molecule has 2 rings (SSSR count). The third kappa shape index (κ3) is 5.68. The van der Waals surface area contributed by atoms with E-state index in [-0.39, 0.29) is 23.1 Å². The van der Waals surface area contributed by atoms with Gasteiger partial charge in [-0.05, 0) is 25.0 Å². The molecule has 0 atom stereocenters. The minimum atomic E-state index is -3.50. The molecule has 0 aliphatic carbocycles. The van der Waals surface area contributed by atoms with E-state index in [0.717, 1.165) is 31.0 Å². The molecule has 1 aliphatic heterocycles. The number of ether oxygens (including phenoxy) is 1. The average Bonchev–Trinajstić information content (AvgIpc) is 2.65. The van der Waals surface area contributed by atoms with Gasteiger partial charge in [0.1, 0.15) is 11.4 Å². The topological polar surface area (TPSA) is 106 Å². The molecule has 0 spiro atoms. The summed E-state index contributed by atoms with van der Waals surface area (Å²) in [6.45, 7) is 0.898. The third-order valence-corrected chi connectivity index (χ3v) is 6.50. The van der Waals surface area contributed by atoms with Crippen LogP contribution < -0.4 is 5.32 Å². The number of hydrogen-bond acceptors (Lipinski definition) is 7. The van der Waals surface area contributed by atoms with Crippen LogP contribution in [0.5, 0.6) is 0 Å².